The maximum Gasteiger partial charge on any atom is 0.243 e. The predicted octanol–water partition coefficient (Wildman–Crippen LogP) is 5.82. The molecule has 0 fully saturated rings. The minimum absolute atomic E-state index is 0.0433. The second-order valence-electron chi connectivity index (χ2n) is 7.16. The summed E-state index contributed by atoms with van der Waals surface area (Å²) >= 11 is 15.6. The Balaban J connectivity index is 1.85. The number of sulfonamides is 1. The summed E-state index contributed by atoms with van der Waals surface area (Å²) in [5.41, 5.74) is 1.49. The smallest absolute Gasteiger partial charge is 0.243 e. The van der Waals surface area contributed by atoms with Crippen molar-refractivity contribution in [2.45, 2.75) is 24.4 Å². The lowest BCUT2D eigenvalue weighted by Crippen LogP contribution is -2.41. The fourth-order valence-electron chi connectivity index (χ4n) is 3.10. The normalized spacial score (nSPS) is 12.5. The highest BCUT2D eigenvalue weighted by Crippen LogP contribution is 2.24. The largest absolute Gasteiger partial charge is 0.348 e. The first kappa shape index (κ1) is 24.7. The van der Waals surface area contributed by atoms with Crippen LogP contribution in [0, 0.1) is 0 Å². The molecule has 1 N–H and O–H groups in total. The molecule has 5 nitrogen and oxygen atoms in total. The van der Waals surface area contributed by atoms with Gasteiger partial charge >= 0.3 is 0 Å². The third-order valence-electron chi connectivity index (χ3n) is 4.80. The number of nitrogens with zero attached hydrogens (tertiary/aromatic N) is 1. The molecule has 0 saturated heterocycles. The van der Waals surface area contributed by atoms with E-state index in [-0.39, 0.29) is 24.0 Å². The Kier molecular flexibility index (Phi) is 8.36. The van der Waals surface area contributed by atoms with Gasteiger partial charge in [0.2, 0.25) is 15.9 Å². The fourth-order valence-corrected chi connectivity index (χ4v) is 5.22. The fraction of sp³-hybridized carbons (Fsp3) is 0.174. The highest BCUT2D eigenvalue weighted by atomic mass is 79.9. The molecule has 0 aliphatic carbocycles. The number of nitrogens with one attached hydrogen (secondary N) is 1. The van der Waals surface area contributed by atoms with E-state index in [0.29, 0.717) is 15.6 Å². The molecule has 0 heterocycles. The van der Waals surface area contributed by atoms with Crippen molar-refractivity contribution in [2.24, 2.45) is 0 Å². The summed E-state index contributed by atoms with van der Waals surface area (Å²) in [4.78, 5) is 12.9. The molecule has 3 aromatic carbocycles. The van der Waals surface area contributed by atoms with Gasteiger partial charge in [0.05, 0.1) is 17.5 Å². The Bertz CT molecular complexity index is 1200. The Morgan fingerprint density at radius 2 is 1.72 bits per heavy atom. The van der Waals surface area contributed by atoms with Gasteiger partial charge in [0.15, 0.2) is 0 Å². The van der Waals surface area contributed by atoms with Gasteiger partial charge in [-0.05, 0) is 60.5 Å². The third kappa shape index (κ3) is 6.33. The average Bonchev–Trinajstić information content (AvgIpc) is 2.75. The monoisotopic (exact) mass is 554 g/mol. The molecular weight excluding hydrogens is 535 g/mol. The molecule has 1 atom stereocenters. The predicted molar refractivity (Wildman–Crippen MR) is 131 cm³/mol. The third-order valence-corrected chi connectivity index (χ3v) is 7.72. The van der Waals surface area contributed by atoms with Gasteiger partial charge < -0.3 is 5.32 Å². The molecule has 32 heavy (non-hydrogen) atoms. The van der Waals surface area contributed by atoms with Gasteiger partial charge in [-0.2, -0.15) is 4.31 Å². The number of rotatable bonds is 8. The summed E-state index contributed by atoms with van der Waals surface area (Å²) in [7, 11) is -3.99. The highest BCUT2D eigenvalue weighted by molar-refractivity contribution is 9.10. The van der Waals surface area contributed by atoms with Crippen LogP contribution in [0.15, 0.2) is 82.2 Å². The number of carbonyl (C=O) groups is 1. The van der Waals surface area contributed by atoms with Crippen LogP contribution in [0.1, 0.15) is 24.1 Å². The molecule has 0 aliphatic heterocycles. The summed E-state index contributed by atoms with van der Waals surface area (Å²) in [6.07, 6.45) is 0. The van der Waals surface area contributed by atoms with Gasteiger partial charge in [0, 0.05) is 21.1 Å². The van der Waals surface area contributed by atoms with E-state index in [0.717, 1.165) is 14.3 Å². The van der Waals surface area contributed by atoms with Crippen LogP contribution < -0.4 is 5.32 Å². The first-order chi connectivity index (χ1) is 15.2. The Morgan fingerprint density at radius 1 is 1.03 bits per heavy atom. The maximum absolute atomic E-state index is 13.3. The van der Waals surface area contributed by atoms with E-state index in [9.17, 15) is 13.2 Å². The quantitative estimate of drug-likeness (QED) is 0.380. The second kappa shape index (κ2) is 10.8. The van der Waals surface area contributed by atoms with Gasteiger partial charge in [0.25, 0.3) is 0 Å². The summed E-state index contributed by atoms with van der Waals surface area (Å²) in [5, 5.41) is 3.71. The van der Waals surface area contributed by atoms with Gasteiger partial charge in [-0.25, -0.2) is 8.42 Å². The molecule has 9 heteroatoms. The van der Waals surface area contributed by atoms with Gasteiger partial charge in [-0.3, -0.25) is 4.79 Å². The molecule has 1 amide bonds. The van der Waals surface area contributed by atoms with Crippen molar-refractivity contribution in [3.63, 3.8) is 0 Å². The first-order valence-electron chi connectivity index (χ1n) is 9.71. The van der Waals surface area contributed by atoms with E-state index in [1.807, 2.05) is 31.2 Å². The zero-order chi connectivity index (χ0) is 23.3. The van der Waals surface area contributed by atoms with Crippen LogP contribution >= 0.6 is 39.1 Å². The minimum Gasteiger partial charge on any atom is -0.348 e. The maximum atomic E-state index is 13.3. The van der Waals surface area contributed by atoms with Crippen molar-refractivity contribution >= 4 is 55.1 Å². The molecule has 0 spiro atoms. The molecule has 0 bridgehead atoms. The lowest BCUT2D eigenvalue weighted by Gasteiger charge is -2.24. The lowest BCUT2D eigenvalue weighted by atomic mass is 10.1. The molecular formula is C23H21BrCl2N2O3S. The topological polar surface area (TPSA) is 66.5 Å². The Labute approximate surface area is 206 Å². The van der Waals surface area contributed by atoms with Crippen molar-refractivity contribution in [1.29, 1.82) is 0 Å². The van der Waals surface area contributed by atoms with E-state index >= 15 is 0 Å². The van der Waals surface area contributed by atoms with Gasteiger partial charge in [0.1, 0.15) is 0 Å². The van der Waals surface area contributed by atoms with Crippen LogP contribution in [0.2, 0.25) is 10.0 Å². The summed E-state index contributed by atoms with van der Waals surface area (Å²) in [6, 6.07) is 20.0. The zero-order valence-electron chi connectivity index (χ0n) is 17.1. The van der Waals surface area contributed by atoms with Crippen LogP contribution in [0.5, 0.6) is 0 Å². The van der Waals surface area contributed by atoms with Crippen LogP contribution in [0.3, 0.4) is 0 Å². The van der Waals surface area contributed by atoms with Crippen LogP contribution in [-0.2, 0) is 21.4 Å². The Hall–Kier alpha value is -1.90. The molecule has 0 saturated carbocycles. The number of amides is 1. The van der Waals surface area contributed by atoms with Crippen molar-refractivity contribution < 1.29 is 13.2 Å². The van der Waals surface area contributed by atoms with E-state index in [4.69, 9.17) is 23.2 Å². The van der Waals surface area contributed by atoms with Crippen molar-refractivity contribution in [1.82, 2.24) is 9.62 Å². The van der Waals surface area contributed by atoms with Crippen molar-refractivity contribution in [3.05, 3.63) is 98.4 Å². The summed E-state index contributed by atoms with van der Waals surface area (Å²) < 4.78 is 28.7. The standard InChI is InChI=1S/C23H21BrCl2N2O3S/c1-16(17-6-4-7-19(24)13-17)27-23(29)15-28(14-18-5-2-3-8-22(18)26)32(30,31)21-11-9-20(25)10-12-21/h2-13,16H,14-15H2,1H3,(H,27,29)/t16-/m0/s1. The van der Waals surface area contributed by atoms with E-state index in [2.05, 4.69) is 21.2 Å². The van der Waals surface area contributed by atoms with Crippen LogP contribution in [0.25, 0.3) is 0 Å². The molecule has 0 aromatic heterocycles. The first-order valence-corrected chi connectivity index (χ1v) is 12.7. The molecule has 0 radical (unpaired) electrons. The average molecular weight is 556 g/mol. The van der Waals surface area contributed by atoms with Gasteiger partial charge in [-0.1, -0.05) is 69.5 Å². The molecule has 3 aromatic rings. The molecule has 0 unspecified atom stereocenters. The number of benzene rings is 3. The van der Waals surface area contributed by atoms with Crippen molar-refractivity contribution in [2.75, 3.05) is 6.54 Å². The highest BCUT2D eigenvalue weighted by Gasteiger charge is 2.28. The minimum atomic E-state index is -3.99. The number of carbonyl (C=O) groups excluding carboxylic acids is 1. The van der Waals surface area contributed by atoms with Crippen LogP contribution in [-0.4, -0.2) is 25.2 Å². The zero-order valence-corrected chi connectivity index (χ0v) is 21.0. The number of halogens is 3. The van der Waals surface area contributed by atoms with E-state index < -0.39 is 15.9 Å². The summed E-state index contributed by atoms with van der Waals surface area (Å²) in [5.74, 6) is -0.429. The molecule has 3 rings (SSSR count). The SMILES string of the molecule is C[C@H](NC(=O)CN(Cc1ccccc1Cl)S(=O)(=O)c1ccc(Cl)cc1)c1cccc(Br)c1. The van der Waals surface area contributed by atoms with E-state index in [1.165, 1.54) is 24.3 Å². The molecule has 168 valence electrons. The van der Waals surface area contributed by atoms with Crippen LogP contribution in [0.4, 0.5) is 0 Å². The number of hydrogen-bond donors (Lipinski definition) is 1. The number of hydrogen-bond acceptors (Lipinski definition) is 3. The van der Waals surface area contributed by atoms with Crippen molar-refractivity contribution in [3.8, 4) is 0 Å². The lowest BCUT2D eigenvalue weighted by molar-refractivity contribution is -0.122. The molecule has 0 aliphatic rings. The summed E-state index contributed by atoms with van der Waals surface area (Å²) in [6.45, 7) is 1.42. The van der Waals surface area contributed by atoms with E-state index in [1.54, 1.807) is 24.3 Å². The second-order valence-corrected chi connectivity index (χ2v) is 10.9. The Morgan fingerprint density at radius 3 is 2.38 bits per heavy atom. The van der Waals surface area contributed by atoms with Gasteiger partial charge in [-0.15, -0.1) is 0 Å².